The first-order chi connectivity index (χ1) is 4.91. The summed E-state index contributed by atoms with van der Waals surface area (Å²) in [5.41, 5.74) is 0. The molecule has 1 heteroatoms. The number of allylic oxidation sites excluding steroid dienone is 1. The van der Waals surface area contributed by atoms with Gasteiger partial charge in [0.1, 0.15) is 0 Å². The Morgan fingerprint density at radius 2 is 2.00 bits per heavy atom. The van der Waals surface area contributed by atoms with Crippen molar-refractivity contribution < 1.29 is 0 Å². The molecule has 0 heterocycles. The third-order valence-corrected chi connectivity index (χ3v) is 3.76. The molecule has 0 aliphatic rings. The Bertz CT molecular complexity index is 69.1. The van der Waals surface area contributed by atoms with Crippen molar-refractivity contribution in [3.8, 4) is 0 Å². The molecule has 0 amide bonds. The maximum atomic E-state index is 3.70. The summed E-state index contributed by atoms with van der Waals surface area (Å²) in [5, 5.41) is 2.94. The molecule has 0 rings (SSSR count). The Morgan fingerprint density at radius 3 is 2.60 bits per heavy atom. The molecule has 0 aromatic rings. The van der Waals surface area contributed by atoms with Crippen LogP contribution in [0.3, 0.4) is 0 Å². The molecular weight excluding hydrogens is 187 g/mol. The van der Waals surface area contributed by atoms with Gasteiger partial charge in [-0.05, 0) is 0 Å². The Kier molecular flexibility index (Phi) is 9.50. The normalized spacial score (nSPS) is 9.70. The minimum atomic E-state index is 0.930. The summed E-state index contributed by atoms with van der Waals surface area (Å²) >= 11 is 0.930. The van der Waals surface area contributed by atoms with Crippen LogP contribution in [-0.4, -0.2) is 15.0 Å². The fourth-order valence-corrected chi connectivity index (χ4v) is 2.92. The summed E-state index contributed by atoms with van der Waals surface area (Å²) in [4.78, 5) is 0. The van der Waals surface area contributed by atoms with Crippen molar-refractivity contribution in [2.75, 3.05) is 0 Å². The van der Waals surface area contributed by atoms with Crippen LogP contribution in [0.5, 0.6) is 0 Å². The van der Waals surface area contributed by atoms with E-state index >= 15 is 0 Å². The zero-order valence-corrected chi connectivity index (χ0v) is 8.65. The Labute approximate surface area is 71.2 Å². The van der Waals surface area contributed by atoms with E-state index in [2.05, 4.69) is 13.5 Å². The van der Waals surface area contributed by atoms with E-state index in [4.69, 9.17) is 0 Å². The Balaban J connectivity index is 2.70. The van der Waals surface area contributed by atoms with Crippen LogP contribution < -0.4 is 0 Å². The molecule has 0 aliphatic carbocycles. The van der Waals surface area contributed by atoms with Gasteiger partial charge in [0.25, 0.3) is 0 Å². The van der Waals surface area contributed by atoms with Crippen LogP contribution in [0.15, 0.2) is 12.7 Å². The fraction of sp³-hybridized carbons (Fsp3) is 0.778. The molecule has 0 radical (unpaired) electrons. The summed E-state index contributed by atoms with van der Waals surface area (Å²) in [7, 11) is 0. The van der Waals surface area contributed by atoms with Crippen molar-refractivity contribution >= 4 is 15.0 Å². The first-order valence-corrected chi connectivity index (χ1v) is 6.52. The summed E-state index contributed by atoms with van der Waals surface area (Å²) in [6.45, 7) is 5.97. The second kappa shape index (κ2) is 9.26. The zero-order chi connectivity index (χ0) is 7.66. The van der Waals surface area contributed by atoms with Crippen molar-refractivity contribution in [1.29, 1.82) is 0 Å². The van der Waals surface area contributed by atoms with Crippen LogP contribution >= 0.6 is 0 Å². The van der Waals surface area contributed by atoms with E-state index in [1.807, 2.05) is 6.08 Å². The summed E-state index contributed by atoms with van der Waals surface area (Å²) in [6, 6.07) is 0. The SMILES string of the molecule is C=CCCC[Se]CCCC. The minimum absolute atomic E-state index is 0.930. The number of rotatable bonds is 7. The van der Waals surface area contributed by atoms with Gasteiger partial charge in [0, 0.05) is 0 Å². The molecular formula is C9H18Se. The molecule has 0 spiro atoms. The second-order valence-electron chi connectivity index (χ2n) is 2.40. The second-order valence-corrected chi connectivity index (χ2v) is 4.97. The molecule has 60 valence electrons. The first-order valence-electron chi connectivity index (χ1n) is 4.10. The molecule has 0 saturated heterocycles. The van der Waals surface area contributed by atoms with E-state index < -0.39 is 0 Å². The molecule has 0 saturated carbocycles. The molecule has 10 heavy (non-hydrogen) atoms. The monoisotopic (exact) mass is 206 g/mol. The van der Waals surface area contributed by atoms with E-state index in [-0.39, 0.29) is 0 Å². The van der Waals surface area contributed by atoms with E-state index in [0.29, 0.717) is 0 Å². The zero-order valence-electron chi connectivity index (χ0n) is 6.94. The molecule has 0 N–H and O–H groups in total. The predicted molar refractivity (Wildman–Crippen MR) is 49.7 cm³/mol. The van der Waals surface area contributed by atoms with E-state index in [9.17, 15) is 0 Å². The van der Waals surface area contributed by atoms with Crippen LogP contribution in [0, 0.1) is 0 Å². The van der Waals surface area contributed by atoms with Crippen LogP contribution in [0.1, 0.15) is 32.6 Å². The average molecular weight is 205 g/mol. The van der Waals surface area contributed by atoms with Gasteiger partial charge in [0.2, 0.25) is 0 Å². The van der Waals surface area contributed by atoms with Crippen molar-refractivity contribution in [3.63, 3.8) is 0 Å². The summed E-state index contributed by atoms with van der Waals surface area (Å²) < 4.78 is 0. The van der Waals surface area contributed by atoms with Gasteiger partial charge in [-0.25, -0.2) is 0 Å². The van der Waals surface area contributed by atoms with E-state index in [1.54, 1.807) is 0 Å². The fourth-order valence-electron chi connectivity index (χ4n) is 0.678. The Hall–Kier alpha value is 0.259. The molecule has 0 bridgehead atoms. The molecule has 0 unspecified atom stereocenters. The average Bonchev–Trinajstić information content (AvgIpc) is 1.97. The summed E-state index contributed by atoms with van der Waals surface area (Å²) in [5.74, 6) is 0. The molecule has 0 aromatic carbocycles. The van der Waals surface area contributed by atoms with Gasteiger partial charge in [0.15, 0.2) is 0 Å². The summed E-state index contributed by atoms with van der Waals surface area (Å²) in [6.07, 6.45) is 7.41. The van der Waals surface area contributed by atoms with Gasteiger partial charge < -0.3 is 0 Å². The van der Waals surface area contributed by atoms with Gasteiger partial charge in [-0.1, -0.05) is 0 Å². The number of hydrogen-bond acceptors (Lipinski definition) is 0. The quantitative estimate of drug-likeness (QED) is 0.340. The third kappa shape index (κ3) is 8.26. The maximum absolute atomic E-state index is 3.70. The van der Waals surface area contributed by atoms with Crippen LogP contribution in [-0.2, 0) is 0 Å². The molecule has 0 nitrogen and oxygen atoms in total. The molecule has 0 fully saturated rings. The topological polar surface area (TPSA) is 0 Å². The van der Waals surface area contributed by atoms with Gasteiger partial charge >= 0.3 is 70.9 Å². The predicted octanol–water partition coefficient (Wildman–Crippen LogP) is 3.29. The van der Waals surface area contributed by atoms with Gasteiger partial charge in [0.05, 0.1) is 0 Å². The van der Waals surface area contributed by atoms with Gasteiger partial charge in [-0.15, -0.1) is 0 Å². The van der Waals surface area contributed by atoms with Gasteiger partial charge in [-0.3, -0.25) is 0 Å². The van der Waals surface area contributed by atoms with E-state index in [0.717, 1.165) is 15.0 Å². The molecule has 0 aliphatic heterocycles. The van der Waals surface area contributed by atoms with Gasteiger partial charge in [-0.2, -0.15) is 0 Å². The number of unbranched alkanes of at least 4 members (excludes halogenated alkanes) is 2. The van der Waals surface area contributed by atoms with Crippen molar-refractivity contribution in [2.45, 2.75) is 43.2 Å². The third-order valence-electron chi connectivity index (χ3n) is 1.34. The van der Waals surface area contributed by atoms with Crippen molar-refractivity contribution in [2.24, 2.45) is 0 Å². The van der Waals surface area contributed by atoms with Crippen LogP contribution in [0.25, 0.3) is 0 Å². The van der Waals surface area contributed by atoms with Crippen molar-refractivity contribution in [1.82, 2.24) is 0 Å². The molecule has 0 aromatic heterocycles. The van der Waals surface area contributed by atoms with Crippen molar-refractivity contribution in [3.05, 3.63) is 12.7 Å². The number of hydrogen-bond donors (Lipinski definition) is 0. The molecule has 0 atom stereocenters. The van der Waals surface area contributed by atoms with E-state index in [1.165, 1.54) is 36.3 Å². The standard InChI is InChI=1S/C9H18Se/c1-3-5-7-9-10-8-6-4-2/h3H,1,4-9H2,2H3. The first kappa shape index (κ1) is 10.3. The Morgan fingerprint density at radius 1 is 1.30 bits per heavy atom. The van der Waals surface area contributed by atoms with Crippen LogP contribution in [0.2, 0.25) is 10.6 Å². The van der Waals surface area contributed by atoms with Crippen LogP contribution in [0.4, 0.5) is 0 Å².